The molecule has 8 heteroatoms. The Morgan fingerprint density at radius 1 is 1.00 bits per heavy atom. The average Bonchev–Trinajstić information content (AvgIpc) is 2.06. The number of hydrogen-bond acceptors (Lipinski definition) is 6. The summed E-state index contributed by atoms with van der Waals surface area (Å²) in [5, 5.41) is 18.1. The summed E-state index contributed by atoms with van der Waals surface area (Å²) in [6.07, 6.45) is 2.18. The lowest BCUT2D eigenvalue weighted by Gasteiger charge is -2.19. The van der Waals surface area contributed by atoms with Crippen LogP contribution in [0.1, 0.15) is 12.8 Å². The second kappa shape index (κ2) is 4.40. The standard InChI is InChI=1S/C6H8N2O6/c9-7(10)13-5-1-2-6(4-3-5)14-8(11)12/h1-2,5-6H,3-4H2. The number of hydrogen-bond donors (Lipinski definition) is 0. The Bertz CT molecular complexity index is 239. The molecule has 0 amide bonds. The predicted molar refractivity (Wildman–Crippen MR) is 42.1 cm³/mol. The minimum absolute atomic E-state index is 0.329. The molecular weight excluding hydrogens is 196 g/mol. The van der Waals surface area contributed by atoms with Crippen molar-refractivity contribution in [3.63, 3.8) is 0 Å². The van der Waals surface area contributed by atoms with Crippen LogP contribution in [-0.4, -0.2) is 22.4 Å². The lowest BCUT2D eigenvalue weighted by Crippen LogP contribution is -2.24. The molecule has 0 aromatic heterocycles. The van der Waals surface area contributed by atoms with Crippen molar-refractivity contribution in [3.05, 3.63) is 32.4 Å². The molecule has 1 rings (SSSR count). The summed E-state index contributed by atoms with van der Waals surface area (Å²) in [5.41, 5.74) is 0. The van der Waals surface area contributed by atoms with E-state index in [0.717, 1.165) is 0 Å². The van der Waals surface area contributed by atoms with E-state index in [-0.39, 0.29) is 0 Å². The van der Waals surface area contributed by atoms with Crippen molar-refractivity contribution < 1.29 is 19.8 Å². The highest BCUT2D eigenvalue weighted by atomic mass is 17.0. The van der Waals surface area contributed by atoms with Crippen LogP contribution >= 0.6 is 0 Å². The fraction of sp³-hybridized carbons (Fsp3) is 0.667. The molecule has 0 saturated heterocycles. The monoisotopic (exact) mass is 204 g/mol. The van der Waals surface area contributed by atoms with Gasteiger partial charge in [0.25, 0.3) is 10.2 Å². The van der Waals surface area contributed by atoms with Crippen LogP contribution in [0.15, 0.2) is 12.2 Å². The predicted octanol–water partition coefficient (Wildman–Crippen LogP) is 0.490. The first-order chi connectivity index (χ1) is 6.58. The van der Waals surface area contributed by atoms with E-state index in [9.17, 15) is 20.2 Å². The quantitative estimate of drug-likeness (QED) is 0.375. The lowest BCUT2D eigenvalue weighted by molar-refractivity contribution is -0.770. The molecule has 0 aromatic rings. The molecule has 1 aliphatic carbocycles. The third-order valence-corrected chi connectivity index (χ3v) is 1.72. The topological polar surface area (TPSA) is 105 Å². The lowest BCUT2D eigenvalue weighted by atomic mass is 10.0. The van der Waals surface area contributed by atoms with Gasteiger partial charge in [-0.05, 0) is 12.8 Å². The normalized spacial score (nSPS) is 25.4. The fourth-order valence-electron chi connectivity index (χ4n) is 1.17. The highest BCUT2D eigenvalue weighted by Crippen LogP contribution is 2.16. The largest absolute Gasteiger partial charge is 0.306 e. The molecule has 0 heterocycles. The van der Waals surface area contributed by atoms with Gasteiger partial charge in [0.05, 0.1) is 0 Å². The Morgan fingerprint density at radius 2 is 1.36 bits per heavy atom. The van der Waals surface area contributed by atoms with Gasteiger partial charge in [-0.2, -0.15) is 0 Å². The van der Waals surface area contributed by atoms with Gasteiger partial charge in [0.2, 0.25) is 0 Å². The van der Waals surface area contributed by atoms with Crippen molar-refractivity contribution >= 4 is 0 Å². The molecule has 0 radical (unpaired) electrons. The first-order valence-electron chi connectivity index (χ1n) is 3.88. The summed E-state index contributed by atoms with van der Waals surface area (Å²) in [4.78, 5) is 28.4. The first-order valence-corrected chi connectivity index (χ1v) is 3.88. The van der Waals surface area contributed by atoms with E-state index in [2.05, 4.69) is 9.68 Å². The molecule has 0 aliphatic heterocycles. The van der Waals surface area contributed by atoms with Crippen molar-refractivity contribution in [3.8, 4) is 0 Å². The molecule has 0 N–H and O–H groups in total. The van der Waals surface area contributed by atoms with Crippen molar-refractivity contribution in [1.82, 2.24) is 0 Å². The average molecular weight is 204 g/mol. The molecule has 0 fully saturated rings. The van der Waals surface area contributed by atoms with Gasteiger partial charge >= 0.3 is 0 Å². The van der Waals surface area contributed by atoms with Crippen LogP contribution in [-0.2, 0) is 9.68 Å². The van der Waals surface area contributed by atoms with Gasteiger partial charge < -0.3 is 9.68 Å². The molecular formula is C6H8N2O6. The van der Waals surface area contributed by atoms with E-state index in [1.54, 1.807) is 0 Å². The fourth-order valence-corrected chi connectivity index (χ4v) is 1.17. The Kier molecular flexibility index (Phi) is 3.21. The first kappa shape index (κ1) is 10.2. The summed E-state index contributed by atoms with van der Waals surface area (Å²) in [5.74, 6) is 0. The number of nitrogens with zero attached hydrogens (tertiary/aromatic N) is 2. The van der Waals surface area contributed by atoms with E-state index < -0.39 is 22.4 Å². The molecule has 1 aliphatic rings. The molecule has 14 heavy (non-hydrogen) atoms. The van der Waals surface area contributed by atoms with Crippen molar-refractivity contribution in [1.29, 1.82) is 0 Å². The Balaban J connectivity index is 2.39. The maximum absolute atomic E-state index is 9.94. The SMILES string of the molecule is O=[N+]([O-])OC1C=CC(O[N+](=O)[O-])CC1. The van der Waals surface area contributed by atoms with E-state index in [1.165, 1.54) is 12.2 Å². The van der Waals surface area contributed by atoms with Gasteiger partial charge in [-0.3, -0.25) is 0 Å². The molecule has 0 saturated carbocycles. The van der Waals surface area contributed by atoms with Crippen molar-refractivity contribution in [2.75, 3.05) is 0 Å². The maximum atomic E-state index is 9.94. The van der Waals surface area contributed by atoms with Crippen LogP contribution in [0.2, 0.25) is 0 Å². The summed E-state index contributed by atoms with van der Waals surface area (Å²) in [6, 6.07) is 0. The Morgan fingerprint density at radius 3 is 1.57 bits per heavy atom. The smallest absolute Gasteiger partial charge is 0.295 e. The Hall–Kier alpha value is -1.86. The molecule has 2 unspecified atom stereocenters. The third kappa shape index (κ3) is 3.25. The van der Waals surface area contributed by atoms with E-state index in [1.807, 2.05) is 0 Å². The molecule has 8 nitrogen and oxygen atoms in total. The summed E-state index contributed by atoms with van der Waals surface area (Å²) < 4.78 is 0. The zero-order valence-corrected chi connectivity index (χ0v) is 7.07. The maximum Gasteiger partial charge on any atom is 0.295 e. The van der Waals surface area contributed by atoms with Crippen LogP contribution in [0.25, 0.3) is 0 Å². The van der Waals surface area contributed by atoms with Crippen LogP contribution in [0, 0.1) is 20.2 Å². The van der Waals surface area contributed by atoms with Gasteiger partial charge in [0.15, 0.2) is 0 Å². The highest BCUT2D eigenvalue weighted by molar-refractivity contribution is 4.99. The molecule has 0 bridgehead atoms. The van der Waals surface area contributed by atoms with Gasteiger partial charge in [-0.1, -0.05) is 12.2 Å². The van der Waals surface area contributed by atoms with Crippen LogP contribution < -0.4 is 0 Å². The van der Waals surface area contributed by atoms with E-state index in [4.69, 9.17) is 0 Å². The van der Waals surface area contributed by atoms with Gasteiger partial charge in [0, 0.05) is 0 Å². The molecule has 78 valence electrons. The van der Waals surface area contributed by atoms with E-state index in [0.29, 0.717) is 12.8 Å². The zero-order chi connectivity index (χ0) is 10.6. The van der Waals surface area contributed by atoms with E-state index >= 15 is 0 Å². The molecule has 0 spiro atoms. The van der Waals surface area contributed by atoms with Gasteiger partial charge in [0.1, 0.15) is 12.2 Å². The summed E-state index contributed by atoms with van der Waals surface area (Å²) in [6.45, 7) is 0. The minimum atomic E-state index is -0.885. The summed E-state index contributed by atoms with van der Waals surface area (Å²) in [7, 11) is 0. The molecule has 0 aromatic carbocycles. The van der Waals surface area contributed by atoms with Gasteiger partial charge in [-0.25, -0.2) is 0 Å². The van der Waals surface area contributed by atoms with Crippen LogP contribution in [0.3, 0.4) is 0 Å². The summed E-state index contributed by atoms with van der Waals surface area (Å²) >= 11 is 0. The number of rotatable bonds is 4. The Labute approximate surface area is 78.3 Å². The highest BCUT2D eigenvalue weighted by Gasteiger charge is 2.20. The second-order valence-electron chi connectivity index (χ2n) is 2.70. The van der Waals surface area contributed by atoms with Gasteiger partial charge in [-0.15, -0.1) is 20.2 Å². The molecule has 2 atom stereocenters. The van der Waals surface area contributed by atoms with Crippen LogP contribution in [0.4, 0.5) is 0 Å². The minimum Gasteiger partial charge on any atom is -0.306 e. The van der Waals surface area contributed by atoms with Crippen molar-refractivity contribution in [2.24, 2.45) is 0 Å². The van der Waals surface area contributed by atoms with Crippen LogP contribution in [0.5, 0.6) is 0 Å². The van der Waals surface area contributed by atoms with Crippen molar-refractivity contribution in [2.45, 2.75) is 25.0 Å². The zero-order valence-electron chi connectivity index (χ0n) is 7.07. The second-order valence-corrected chi connectivity index (χ2v) is 2.70. The third-order valence-electron chi connectivity index (χ3n) is 1.72.